The molecule has 21 heavy (non-hydrogen) atoms. The van der Waals surface area contributed by atoms with E-state index in [0.29, 0.717) is 12.5 Å². The fourth-order valence-corrected chi connectivity index (χ4v) is 2.32. The van der Waals surface area contributed by atoms with Gasteiger partial charge in [0.15, 0.2) is 0 Å². The van der Waals surface area contributed by atoms with E-state index in [1.807, 2.05) is 56.2 Å². The SMILES string of the molecule is CNc1nc(NCc2cn(C)nc2C)c2ccccc2n1. The zero-order valence-corrected chi connectivity index (χ0v) is 12.4. The smallest absolute Gasteiger partial charge is 0.224 e. The number of fused-ring (bicyclic) bond motifs is 1. The van der Waals surface area contributed by atoms with Crippen LogP contribution in [0.15, 0.2) is 30.5 Å². The summed E-state index contributed by atoms with van der Waals surface area (Å²) < 4.78 is 1.82. The fourth-order valence-electron chi connectivity index (χ4n) is 2.32. The minimum absolute atomic E-state index is 0.610. The molecule has 0 amide bonds. The predicted octanol–water partition coefficient (Wildman–Crippen LogP) is 2.33. The molecule has 108 valence electrons. The van der Waals surface area contributed by atoms with Crippen molar-refractivity contribution < 1.29 is 0 Å². The van der Waals surface area contributed by atoms with Gasteiger partial charge >= 0.3 is 0 Å². The summed E-state index contributed by atoms with van der Waals surface area (Å²) in [5, 5.41) is 11.7. The number of aromatic nitrogens is 4. The highest BCUT2D eigenvalue weighted by atomic mass is 15.3. The average molecular weight is 282 g/mol. The molecule has 2 N–H and O–H groups in total. The van der Waals surface area contributed by atoms with Crippen LogP contribution in [0.2, 0.25) is 0 Å². The van der Waals surface area contributed by atoms with E-state index in [-0.39, 0.29) is 0 Å². The summed E-state index contributed by atoms with van der Waals surface area (Å²) in [5.41, 5.74) is 3.10. The Morgan fingerprint density at radius 2 is 2.00 bits per heavy atom. The summed E-state index contributed by atoms with van der Waals surface area (Å²) in [5.74, 6) is 1.44. The number of nitrogens with zero attached hydrogens (tertiary/aromatic N) is 4. The van der Waals surface area contributed by atoms with Crippen LogP contribution >= 0.6 is 0 Å². The van der Waals surface area contributed by atoms with E-state index >= 15 is 0 Å². The van der Waals surface area contributed by atoms with Crippen LogP contribution in [0.4, 0.5) is 11.8 Å². The normalized spacial score (nSPS) is 10.8. The highest BCUT2D eigenvalue weighted by molar-refractivity contribution is 5.89. The Kier molecular flexibility index (Phi) is 3.43. The molecule has 0 aliphatic carbocycles. The third-order valence-corrected chi connectivity index (χ3v) is 3.39. The van der Waals surface area contributed by atoms with Crippen molar-refractivity contribution in [2.24, 2.45) is 7.05 Å². The maximum atomic E-state index is 4.51. The van der Waals surface area contributed by atoms with Crippen LogP contribution in [0.1, 0.15) is 11.3 Å². The lowest BCUT2D eigenvalue weighted by atomic mass is 10.2. The third-order valence-electron chi connectivity index (χ3n) is 3.39. The van der Waals surface area contributed by atoms with Crippen molar-refractivity contribution in [3.63, 3.8) is 0 Å². The van der Waals surface area contributed by atoms with Crippen molar-refractivity contribution in [2.45, 2.75) is 13.5 Å². The molecule has 3 rings (SSSR count). The topological polar surface area (TPSA) is 67.7 Å². The number of nitrogens with one attached hydrogen (secondary N) is 2. The molecule has 6 heteroatoms. The van der Waals surface area contributed by atoms with Gasteiger partial charge < -0.3 is 10.6 Å². The lowest BCUT2D eigenvalue weighted by Gasteiger charge is -2.10. The lowest BCUT2D eigenvalue weighted by Crippen LogP contribution is -2.06. The molecule has 2 aromatic heterocycles. The molecule has 1 aromatic carbocycles. The van der Waals surface area contributed by atoms with Gasteiger partial charge in [0.2, 0.25) is 5.95 Å². The van der Waals surface area contributed by atoms with E-state index in [1.54, 1.807) is 0 Å². The van der Waals surface area contributed by atoms with E-state index in [2.05, 4.69) is 25.7 Å². The van der Waals surface area contributed by atoms with Gasteiger partial charge in [-0.05, 0) is 19.1 Å². The van der Waals surface area contributed by atoms with E-state index in [1.165, 1.54) is 0 Å². The van der Waals surface area contributed by atoms with Gasteiger partial charge in [-0.25, -0.2) is 4.98 Å². The summed E-state index contributed by atoms with van der Waals surface area (Å²) >= 11 is 0. The number of rotatable bonds is 4. The summed E-state index contributed by atoms with van der Waals surface area (Å²) in [6.45, 7) is 2.69. The van der Waals surface area contributed by atoms with E-state index in [9.17, 15) is 0 Å². The lowest BCUT2D eigenvalue weighted by molar-refractivity contribution is 0.756. The average Bonchev–Trinajstić information content (AvgIpc) is 2.82. The van der Waals surface area contributed by atoms with E-state index in [4.69, 9.17) is 0 Å². The zero-order chi connectivity index (χ0) is 14.8. The second-order valence-electron chi connectivity index (χ2n) is 4.93. The van der Waals surface area contributed by atoms with Crippen molar-refractivity contribution in [2.75, 3.05) is 17.7 Å². The Morgan fingerprint density at radius 3 is 2.71 bits per heavy atom. The monoisotopic (exact) mass is 282 g/mol. The fraction of sp³-hybridized carbons (Fsp3) is 0.267. The summed E-state index contributed by atoms with van der Waals surface area (Å²) in [7, 11) is 3.74. The van der Waals surface area contributed by atoms with Crippen LogP contribution in [0.3, 0.4) is 0 Å². The van der Waals surface area contributed by atoms with Crippen LogP contribution < -0.4 is 10.6 Å². The largest absolute Gasteiger partial charge is 0.365 e. The van der Waals surface area contributed by atoms with Crippen molar-refractivity contribution in [1.29, 1.82) is 0 Å². The molecule has 0 unspecified atom stereocenters. The number of hydrogen-bond acceptors (Lipinski definition) is 5. The van der Waals surface area contributed by atoms with Crippen LogP contribution in [0, 0.1) is 6.92 Å². The molecule has 0 saturated heterocycles. The van der Waals surface area contributed by atoms with Gasteiger partial charge in [-0.3, -0.25) is 4.68 Å². The van der Waals surface area contributed by atoms with Gasteiger partial charge in [-0.2, -0.15) is 10.1 Å². The number of para-hydroxylation sites is 1. The van der Waals surface area contributed by atoms with Crippen molar-refractivity contribution >= 4 is 22.7 Å². The molecule has 0 radical (unpaired) electrons. The van der Waals surface area contributed by atoms with Gasteiger partial charge in [0.05, 0.1) is 11.2 Å². The number of aryl methyl sites for hydroxylation is 2. The first-order valence-corrected chi connectivity index (χ1v) is 6.85. The first-order valence-electron chi connectivity index (χ1n) is 6.85. The molecule has 0 atom stereocenters. The minimum atomic E-state index is 0.610. The highest BCUT2D eigenvalue weighted by Crippen LogP contribution is 2.22. The first-order chi connectivity index (χ1) is 10.2. The molecule has 0 aliphatic heterocycles. The number of hydrogen-bond donors (Lipinski definition) is 2. The molecule has 0 spiro atoms. The summed E-state index contributed by atoms with van der Waals surface area (Å²) in [6.07, 6.45) is 2.02. The van der Waals surface area contributed by atoms with Gasteiger partial charge in [0.1, 0.15) is 5.82 Å². The summed E-state index contributed by atoms with van der Waals surface area (Å²) in [4.78, 5) is 8.96. The van der Waals surface area contributed by atoms with E-state index in [0.717, 1.165) is 28.0 Å². The highest BCUT2D eigenvalue weighted by Gasteiger charge is 2.08. The Bertz CT molecular complexity index is 777. The minimum Gasteiger partial charge on any atom is -0.365 e. The maximum Gasteiger partial charge on any atom is 0.224 e. The maximum absolute atomic E-state index is 4.51. The number of anilines is 2. The van der Waals surface area contributed by atoms with Gasteiger partial charge in [0.25, 0.3) is 0 Å². The Morgan fingerprint density at radius 1 is 1.19 bits per heavy atom. The third kappa shape index (κ3) is 2.65. The zero-order valence-electron chi connectivity index (χ0n) is 12.4. The molecule has 0 aliphatic rings. The van der Waals surface area contributed by atoms with Crippen LogP contribution in [0.5, 0.6) is 0 Å². The van der Waals surface area contributed by atoms with Crippen molar-refractivity contribution in [1.82, 2.24) is 19.7 Å². The standard InChI is InChI=1S/C15H18N6/c1-10-11(9-21(3)20-10)8-17-14-12-6-4-5-7-13(12)18-15(16-2)19-14/h4-7,9H,8H2,1-3H3,(H2,16,17,18,19). The molecule has 0 saturated carbocycles. The van der Waals surface area contributed by atoms with Gasteiger partial charge in [-0.15, -0.1) is 0 Å². The molecule has 2 heterocycles. The van der Waals surface area contributed by atoms with Gasteiger partial charge in [-0.1, -0.05) is 12.1 Å². The molecule has 0 fully saturated rings. The van der Waals surface area contributed by atoms with Crippen molar-refractivity contribution in [3.05, 3.63) is 41.7 Å². The molecular formula is C15H18N6. The molecule has 3 aromatic rings. The second kappa shape index (κ2) is 5.40. The quantitative estimate of drug-likeness (QED) is 0.768. The van der Waals surface area contributed by atoms with Crippen LogP contribution in [0.25, 0.3) is 10.9 Å². The van der Waals surface area contributed by atoms with Crippen LogP contribution in [-0.2, 0) is 13.6 Å². The predicted molar refractivity (Wildman–Crippen MR) is 84.4 cm³/mol. The van der Waals surface area contributed by atoms with Crippen molar-refractivity contribution in [3.8, 4) is 0 Å². The summed E-state index contributed by atoms with van der Waals surface area (Å²) in [6, 6.07) is 7.97. The molecule has 0 bridgehead atoms. The first kappa shape index (κ1) is 13.4. The second-order valence-corrected chi connectivity index (χ2v) is 4.93. The molecular weight excluding hydrogens is 264 g/mol. The van der Waals surface area contributed by atoms with Crippen LogP contribution in [-0.4, -0.2) is 26.8 Å². The Hall–Kier alpha value is -2.63. The van der Waals surface area contributed by atoms with E-state index < -0.39 is 0 Å². The molecule has 6 nitrogen and oxygen atoms in total. The van der Waals surface area contributed by atoms with Gasteiger partial charge in [0, 0.05) is 37.8 Å². The Labute approximate surface area is 123 Å². The Balaban J connectivity index is 1.94. The number of benzene rings is 1.